The summed E-state index contributed by atoms with van der Waals surface area (Å²) in [5.41, 5.74) is 0. The third-order valence-corrected chi connectivity index (χ3v) is 2.45. The predicted molar refractivity (Wildman–Crippen MR) is 76.9 cm³/mol. The molecule has 1 saturated carbocycles. The van der Waals surface area contributed by atoms with E-state index < -0.39 is 0 Å². The van der Waals surface area contributed by atoms with E-state index >= 15 is 0 Å². The van der Waals surface area contributed by atoms with Crippen molar-refractivity contribution in [2.24, 2.45) is 11.8 Å². The van der Waals surface area contributed by atoms with Crippen molar-refractivity contribution < 1.29 is 29.6 Å². The third kappa shape index (κ3) is 12.9. The van der Waals surface area contributed by atoms with Gasteiger partial charge in [-0.15, -0.1) is 0 Å². The molecule has 2 aliphatic rings. The van der Waals surface area contributed by atoms with E-state index in [0.717, 1.165) is 11.8 Å². The van der Waals surface area contributed by atoms with Crippen molar-refractivity contribution in [1.82, 2.24) is 0 Å². The molecule has 0 heterocycles. The van der Waals surface area contributed by atoms with Gasteiger partial charge >= 0.3 is 28.7 Å². The van der Waals surface area contributed by atoms with Crippen molar-refractivity contribution in [3.8, 4) is 0 Å². The van der Waals surface area contributed by atoms with Crippen molar-refractivity contribution in [3.63, 3.8) is 0 Å². The van der Waals surface area contributed by atoms with Crippen molar-refractivity contribution in [1.29, 1.82) is 0 Å². The Morgan fingerprint density at radius 1 is 1.00 bits per heavy atom. The Balaban J connectivity index is -0.000000216. The molecule has 0 spiro atoms. The van der Waals surface area contributed by atoms with Crippen molar-refractivity contribution >= 4 is 9.30 Å². The van der Waals surface area contributed by atoms with E-state index in [-0.39, 0.29) is 20.6 Å². The maximum atomic E-state index is 7.57. The molecule has 0 aromatic carbocycles. The Morgan fingerprint density at radius 3 is 1.56 bits per heavy atom. The number of allylic oxidation sites excluding steroid dienone is 4. The number of aliphatic hydroxyl groups is 2. The van der Waals surface area contributed by atoms with E-state index in [1.54, 1.807) is 13.8 Å². The standard InChI is InChI=1S/C9H12.2C2H6O.CH3.ClH.Ti/c1-2-5-9-7-3-6-8(9)4-1;2*1-2-3;;;/h1-2,4-5,8-9H,3,6-7H2;2*3H,2H2,1H3;1H3;1H;/q;;;-1;;+2/p-1. The fourth-order valence-corrected chi connectivity index (χ4v) is 1.91. The molecular formula is C14H27ClO2Ti. The van der Waals surface area contributed by atoms with E-state index in [0.29, 0.717) is 0 Å². The summed E-state index contributed by atoms with van der Waals surface area (Å²) in [5.74, 6) is 1.80. The van der Waals surface area contributed by atoms with Crippen LogP contribution in [-0.2, 0) is 19.4 Å². The summed E-state index contributed by atoms with van der Waals surface area (Å²) in [7, 11) is 4.64. The minimum atomic E-state index is 0. The molecule has 2 N–H and O–H groups in total. The monoisotopic (exact) mass is 310 g/mol. The second kappa shape index (κ2) is 19.7. The Hall–Kier alpha value is 0.404. The average molecular weight is 311 g/mol. The number of hydrogen-bond donors (Lipinski definition) is 2. The van der Waals surface area contributed by atoms with E-state index in [9.17, 15) is 0 Å². The van der Waals surface area contributed by atoms with Crippen LogP contribution in [0.15, 0.2) is 24.3 Å². The van der Waals surface area contributed by atoms with Crippen molar-refractivity contribution in [2.45, 2.75) is 33.1 Å². The summed E-state index contributed by atoms with van der Waals surface area (Å²) < 4.78 is 0. The third-order valence-electron chi connectivity index (χ3n) is 2.45. The topological polar surface area (TPSA) is 40.5 Å². The molecule has 2 atom stereocenters. The first-order chi connectivity index (χ1) is 8.29. The van der Waals surface area contributed by atoms with Crippen LogP contribution in [0.25, 0.3) is 0 Å². The second-order valence-electron chi connectivity index (χ2n) is 3.66. The number of aliphatic hydroxyl groups excluding tert-OH is 2. The van der Waals surface area contributed by atoms with Crippen molar-refractivity contribution in [2.75, 3.05) is 13.2 Å². The van der Waals surface area contributed by atoms with Crippen LogP contribution in [0.5, 0.6) is 0 Å². The van der Waals surface area contributed by atoms with Gasteiger partial charge in [0, 0.05) is 13.2 Å². The van der Waals surface area contributed by atoms with Crippen LogP contribution in [0.4, 0.5) is 0 Å². The van der Waals surface area contributed by atoms with Gasteiger partial charge in [-0.25, -0.2) is 0 Å². The Kier molecular flexibility index (Phi) is 25.8. The number of hydrogen-bond acceptors (Lipinski definition) is 2. The number of fused-ring (bicyclic) bond motifs is 1. The molecule has 2 rings (SSSR count). The fraction of sp³-hybridized carbons (Fsp3) is 0.643. The van der Waals surface area contributed by atoms with E-state index in [4.69, 9.17) is 10.2 Å². The van der Waals surface area contributed by atoms with Crippen LogP contribution in [-0.4, -0.2) is 23.4 Å². The summed E-state index contributed by atoms with van der Waals surface area (Å²) in [4.78, 5) is 0. The molecule has 2 unspecified atom stereocenters. The van der Waals surface area contributed by atoms with Gasteiger partial charge in [-0.1, -0.05) is 30.7 Å². The first-order valence-electron chi connectivity index (χ1n) is 6.05. The van der Waals surface area contributed by atoms with E-state index in [2.05, 4.69) is 33.6 Å². The maximum absolute atomic E-state index is 7.57. The number of halogens is 1. The van der Waals surface area contributed by atoms with Gasteiger partial charge in [0.15, 0.2) is 0 Å². The molecule has 4 heteroatoms. The summed E-state index contributed by atoms with van der Waals surface area (Å²) in [6.45, 7) is 3.86. The number of rotatable bonds is 0. The molecule has 0 aromatic heterocycles. The van der Waals surface area contributed by atoms with Crippen molar-refractivity contribution in [3.05, 3.63) is 31.7 Å². The van der Waals surface area contributed by atoms with Crippen LogP contribution in [0.2, 0.25) is 0 Å². The van der Waals surface area contributed by atoms with E-state index in [1.807, 2.05) is 0 Å². The first kappa shape index (κ1) is 23.5. The quantitative estimate of drug-likeness (QED) is 0.529. The zero-order valence-corrected chi connectivity index (χ0v) is 14.1. The molecule has 0 bridgehead atoms. The molecule has 1 fully saturated rings. The van der Waals surface area contributed by atoms with Gasteiger partial charge in [0.2, 0.25) is 0 Å². The Morgan fingerprint density at radius 2 is 1.28 bits per heavy atom. The van der Waals surface area contributed by atoms with E-state index in [1.165, 1.54) is 38.6 Å². The molecule has 0 aliphatic heterocycles. The zero-order chi connectivity index (χ0) is 13.5. The van der Waals surface area contributed by atoms with Gasteiger partial charge < -0.3 is 17.6 Å². The molecule has 106 valence electrons. The van der Waals surface area contributed by atoms with Crippen LogP contribution in [0.1, 0.15) is 33.1 Å². The molecular weight excluding hydrogens is 283 g/mol. The van der Waals surface area contributed by atoms with Crippen LogP contribution in [0, 0.1) is 19.3 Å². The second-order valence-corrected chi connectivity index (χ2v) is 3.66. The summed E-state index contributed by atoms with van der Waals surface area (Å²) >= 11 is 1.47. The zero-order valence-electron chi connectivity index (χ0n) is 11.8. The minimum absolute atomic E-state index is 0. The SMILES string of the molecule is C1=CC2CCCC2C=C1.CCO.CCO.[CH3-].[Cl][Ti+]. The van der Waals surface area contributed by atoms with Gasteiger partial charge in [-0.05, 0) is 38.5 Å². The molecule has 0 aromatic rings. The van der Waals surface area contributed by atoms with Gasteiger partial charge in [-0.2, -0.15) is 0 Å². The predicted octanol–water partition coefficient (Wildman–Crippen LogP) is 3.66. The molecule has 0 radical (unpaired) electrons. The van der Waals surface area contributed by atoms with Gasteiger partial charge in [0.25, 0.3) is 0 Å². The summed E-state index contributed by atoms with van der Waals surface area (Å²) in [5, 5.41) is 15.1. The molecule has 2 aliphatic carbocycles. The Labute approximate surface area is 128 Å². The molecule has 2 nitrogen and oxygen atoms in total. The van der Waals surface area contributed by atoms with Gasteiger partial charge in [0.05, 0.1) is 0 Å². The van der Waals surface area contributed by atoms with Crippen LogP contribution >= 0.6 is 9.30 Å². The van der Waals surface area contributed by atoms with Crippen LogP contribution < -0.4 is 0 Å². The summed E-state index contributed by atoms with van der Waals surface area (Å²) in [6, 6.07) is 0. The Bertz CT molecular complexity index is 176. The molecule has 0 amide bonds. The van der Waals surface area contributed by atoms with Crippen LogP contribution in [0.3, 0.4) is 0 Å². The molecule has 0 saturated heterocycles. The summed E-state index contributed by atoms with van der Waals surface area (Å²) in [6.07, 6.45) is 13.4. The first-order valence-corrected chi connectivity index (χ1v) is 8.20. The fourth-order valence-electron chi connectivity index (χ4n) is 1.91. The molecule has 18 heavy (non-hydrogen) atoms. The van der Waals surface area contributed by atoms with Gasteiger partial charge in [-0.3, -0.25) is 0 Å². The van der Waals surface area contributed by atoms with Gasteiger partial charge in [0.1, 0.15) is 0 Å². The normalized spacial score (nSPS) is 21.8. The average Bonchev–Trinajstić information content (AvgIpc) is 2.82.